The summed E-state index contributed by atoms with van der Waals surface area (Å²) >= 11 is 1.65. The van der Waals surface area contributed by atoms with Gasteiger partial charge >= 0.3 is 6.18 Å². The summed E-state index contributed by atoms with van der Waals surface area (Å²) in [6, 6.07) is 2.11. The number of halogens is 3. The molecule has 0 radical (unpaired) electrons. The van der Waals surface area contributed by atoms with Crippen molar-refractivity contribution in [3.8, 4) is 0 Å². The minimum atomic E-state index is -4.51. The molecule has 1 saturated heterocycles. The van der Waals surface area contributed by atoms with Gasteiger partial charge in [-0.25, -0.2) is 4.98 Å². The van der Waals surface area contributed by atoms with Crippen molar-refractivity contribution >= 4 is 33.3 Å². The fourth-order valence-corrected chi connectivity index (χ4v) is 5.13. The van der Waals surface area contributed by atoms with E-state index < -0.39 is 12.0 Å². The van der Waals surface area contributed by atoms with E-state index in [4.69, 9.17) is 14.7 Å². The van der Waals surface area contributed by atoms with Crippen molar-refractivity contribution in [2.45, 2.75) is 39.0 Å². The molecule has 8 nitrogen and oxygen atoms in total. The summed E-state index contributed by atoms with van der Waals surface area (Å²) in [5.41, 5.74) is 0. The predicted molar refractivity (Wildman–Crippen MR) is 111 cm³/mol. The highest BCUT2D eigenvalue weighted by Gasteiger charge is 2.39. The Kier molecular flexibility index (Phi) is 5.21. The fourth-order valence-electron chi connectivity index (χ4n) is 4.01. The molecule has 0 unspecified atom stereocenters. The smallest absolute Gasteiger partial charge is 0.378 e. The summed E-state index contributed by atoms with van der Waals surface area (Å²) in [5, 5.41) is 8.14. The van der Waals surface area contributed by atoms with E-state index in [1.165, 1.54) is 4.88 Å². The number of thiophene rings is 1. The summed E-state index contributed by atoms with van der Waals surface area (Å²) in [6.45, 7) is 5.55. The van der Waals surface area contributed by atoms with Crippen LogP contribution in [-0.4, -0.2) is 57.6 Å². The van der Waals surface area contributed by atoms with E-state index in [0.717, 1.165) is 33.4 Å². The lowest BCUT2D eigenvalue weighted by atomic mass is 10.2. The van der Waals surface area contributed by atoms with Gasteiger partial charge in [0.1, 0.15) is 10.6 Å². The molecular weight excluding hydrogens is 431 g/mol. The number of hydrogen-bond donors (Lipinski definition) is 0. The standard InChI is InChI=1S/C19H22F3N7OS/c1-2-3-12-10-13-15(23-18(24-16(13)31-12)27-6-8-30-9-7-27)28-4-5-29-14(11-28)25-26-17(29)19(20,21)22/h10H,2-9,11H2,1H3. The minimum Gasteiger partial charge on any atom is -0.378 e. The highest BCUT2D eigenvalue weighted by molar-refractivity contribution is 7.18. The van der Waals surface area contributed by atoms with Crippen LogP contribution < -0.4 is 9.80 Å². The van der Waals surface area contributed by atoms with Gasteiger partial charge < -0.3 is 19.1 Å². The van der Waals surface area contributed by atoms with Crippen molar-refractivity contribution in [2.24, 2.45) is 0 Å². The Morgan fingerprint density at radius 3 is 2.61 bits per heavy atom. The first kappa shape index (κ1) is 20.4. The normalized spacial score (nSPS) is 17.4. The van der Waals surface area contributed by atoms with Gasteiger partial charge in [-0.15, -0.1) is 21.5 Å². The van der Waals surface area contributed by atoms with Gasteiger partial charge in [-0.05, 0) is 12.5 Å². The molecule has 0 saturated carbocycles. The quantitative estimate of drug-likeness (QED) is 0.601. The number of nitrogens with zero attached hydrogens (tertiary/aromatic N) is 7. The number of aromatic nitrogens is 5. The van der Waals surface area contributed by atoms with Gasteiger partial charge in [0, 0.05) is 31.1 Å². The van der Waals surface area contributed by atoms with E-state index in [2.05, 4.69) is 28.1 Å². The number of hydrogen-bond acceptors (Lipinski definition) is 8. The van der Waals surface area contributed by atoms with Gasteiger partial charge in [0.25, 0.3) is 0 Å². The molecule has 2 aliphatic heterocycles. The van der Waals surface area contributed by atoms with E-state index in [0.29, 0.717) is 44.6 Å². The molecule has 12 heteroatoms. The summed E-state index contributed by atoms with van der Waals surface area (Å²) in [5.74, 6) is 0.735. The maximum atomic E-state index is 13.2. The van der Waals surface area contributed by atoms with Gasteiger partial charge in [-0.1, -0.05) is 13.3 Å². The molecule has 2 aliphatic rings. The topological polar surface area (TPSA) is 72.2 Å². The maximum Gasteiger partial charge on any atom is 0.451 e. The van der Waals surface area contributed by atoms with E-state index in [1.807, 2.05) is 4.90 Å². The molecule has 0 amide bonds. The third-order valence-electron chi connectivity index (χ3n) is 5.51. The molecule has 0 spiro atoms. The highest BCUT2D eigenvalue weighted by atomic mass is 32.1. The first-order valence-corrected chi connectivity index (χ1v) is 11.1. The number of morpholine rings is 1. The first-order valence-electron chi connectivity index (χ1n) is 10.3. The molecule has 5 rings (SSSR count). The second-order valence-corrected chi connectivity index (χ2v) is 8.75. The largest absolute Gasteiger partial charge is 0.451 e. The minimum absolute atomic E-state index is 0.154. The molecule has 0 atom stereocenters. The summed E-state index contributed by atoms with van der Waals surface area (Å²) in [6.07, 6.45) is -2.53. The number of ether oxygens (including phenoxy) is 1. The average Bonchev–Trinajstić information content (AvgIpc) is 3.37. The van der Waals surface area contributed by atoms with Crippen molar-refractivity contribution in [3.63, 3.8) is 0 Å². The van der Waals surface area contributed by atoms with Crippen LogP contribution in [-0.2, 0) is 30.4 Å². The van der Waals surface area contributed by atoms with Crippen molar-refractivity contribution in [2.75, 3.05) is 42.6 Å². The fraction of sp³-hybridized carbons (Fsp3) is 0.579. The van der Waals surface area contributed by atoms with Crippen LogP contribution in [0.5, 0.6) is 0 Å². The Balaban J connectivity index is 1.54. The van der Waals surface area contributed by atoms with Crippen LogP contribution in [0.1, 0.15) is 29.9 Å². The number of rotatable bonds is 4. The lowest BCUT2D eigenvalue weighted by molar-refractivity contribution is -0.147. The summed E-state index contributed by atoms with van der Waals surface area (Å²) in [4.78, 5) is 15.9. The summed E-state index contributed by atoms with van der Waals surface area (Å²) < 4.78 is 46.2. The van der Waals surface area contributed by atoms with Crippen molar-refractivity contribution in [1.82, 2.24) is 24.7 Å². The molecule has 0 bridgehead atoms. The lowest BCUT2D eigenvalue weighted by Gasteiger charge is -2.31. The second kappa shape index (κ2) is 7.90. The molecule has 3 aromatic rings. The van der Waals surface area contributed by atoms with Crippen LogP contribution in [0.15, 0.2) is 6.07 Å². The molecule has 31 heavy (non-hydrogen) atoms. The number of anilines is 2. The van der Waals surface area contributed by atoms with Crippen LogP contribution in [0.3, 0.4) is 0 Å². The zero-order valence-corrected chi connectivity index (χ0v) is 17.8. The third-order valence-corrected chi connectivity index (χ3v) is 6.60. The van der Waals surface area contributed by atoms with Gasteiger partial charge in [0.15, 0.2) is 5.82 Å². The van der Waals surface area contributed by atoms with E-state index in [1.54, 1.807) is 11.3 Å². The first-order chi connectivity index (χ1) is 14.9. The summed E-state index contributed by atoms with van der Waals surface area (Å²) in [7, 11) is 0. The molecule has 1 fully saturated rings. The molecule has 5 heterocycles. The van der Waals surface area contributed by atoms with Crippen LogP contribution in [0, 0.1) is 0 Å². The number of fused-ring (bicyclic) bond motifs is 2. The monoisotopic (exact) mass is 453 g/mol. The molecule has 3 aromatic heterocycles. The van der Waals surface area contributed by atoms with Crippen LogP contribution >= 0.6 is 11.3 Å². The number of aryl methyl sites for hydroxylation is 1. The van der Waals surface area contributed by atoms with Gasteiger partial charge in [-0.2, -0.15) is 18.2 Å². The predicted octanol–water partition coefficient (Wildman–Crippen LogP) is 3.11. The lowest BCUT2D eigenvalue weighted by Crippen LogP contribution is -2.39. The Morgan fingerprint density at radius 2 is 1.87 bits per heavy atom. The second-order valence-electron chi connectivity index (χ2n) is 7.64. The van der Waals surface area contributed by atoms with Crippen molar-refractivity contribution in [1.29, 1.82) is 0 Å². The Bertz CT molecular complexity index is 1090. The molecule has 166 valence electrons. The van der Waals surface area contributed by atoms with Gasteiger partial charge in [0.2, 0.25) is 11.8 Å². The molecule has 0 N–H and O–H groups in total. The van der Waals surface area contributed by atoms with Gasteiger partial charge in [-0.3, -0.25) is 0 Å². The van der Waals surface area contributed by atoms with Crippen molar-refractivity contribution in [3.05, 3.63) is 22.6 Å². The molecule has 0 aromatic carbocycles. The van der Waals surface area contributed by atoms with Crippen molar-refractivity contribution < 1.29 is 17.9 Å². The highest BCUT2D eigenvalue weighted by Crippen LogP contribution is 2.36. The zero-order chi connectivity index (χ0) is 21.6. The molecular formula is C19H22F3N7OS. The Hall–Kier alpha value is -2.47. The van der Waals surface area contributed by atoms with E-state index in [-0.39, 0.29) is 13.1 Å². The van der Waals surface area contributed by atoms with E-state index in [9.17, 15) is 13.2 Å². The van der Waals surface area contributed by atoms with Gasteiger partial charge in [0.05, 0.1) is 25.1 Å². The molecule has 0 aliphatic carbocycles. The SMILES string of the molecule is CCCc1cc2c(N3CCn4c(nnc4C(F)(F)F)C3)nc(N3CCOCC3)nc2s1. The third kappa shape index (κ3) is 3.82. The Morgan fingerprint density at radius 1 is 1.06 bits per heavy atom. The average molecular weight is 453 g/mol. The van der Waals surface area contributed by atoms with Crippen LogP contribution in [0.25, 0.3) is 10.2 Å². The van der Waals surface area contributed by atoms with E-state index >= 15 is 0 Å². The Labute approximate surface area is 180 Å². The maximum absolute atomic E-state index is 13.2. The zero-order valence-electron chi connectivity index (χ0n) is 17.0. The number of alkyl halides is 3. The van der Waals surface area contributed by atoms with Crippen LogP contribution in [0.2, 0.25) is 0 Å². The van der Waals surface area contributed by atoms with Crippen LogP contribution in [0.4, 0.5) is 24.9 Å².